The molecule has 0 spiro atoms. The Labute approximate surface area is 119 Å². The van der Waals surface area contributed by atoms with E-state index in [0.717, 1.165) is 5.69 Å². The first-order valence-corrected chi connectivity index (χ1v) is 6.88. The molecule has 110 valence electrons. The summed E-state index contributed by atoms with van der Waals surface area (Å²) in [5.41, 5.74) is 7.44. The molecule has 3 N–H and O–H groups in total. The van der Waals surface area contributed by atoms with E-state index in [4.69, 9.17) is 11.0 Å². The highest BCUT2D eigenvalue weighted by atomic mass is 16.2. The molecule has 0 aliphatic rings. The van der Waals surface area contributed by atoms with Gasteiger partial charge in [-0.2, -0.15) is 10.4 Å². The highest BCUT2D eigenvalue weighted by Gasteiger charge is 2.24. The Morgan fingerprint density at radius 3 is 2.55 bits per heavy atom. The van der Waals surface area contributed by atoms with Crippen LogP contribution in [-0.2, 0) is 0 Å². The zero-order chi connectivity index (χ0) is 15.3. The number of hydrogen-bond acceptors (Lipinski definition) is 4. The van der Waals surface area contributed by atoms with Crippen LogP contribution < -0.4 is 5.73 Å². The predicted octanol–water partition coefficient (Wildman–Crippen LogP) is 2.13. The van der Waals surface area contributed by atoms with E-state index in [1.807, 2.05) is 27.7 Å². The van der Waals surface area contributed by atoms with Crippen LogP contribution in [0.2, 0.25) is 0 Å². The van der Waals surface area contributed by atoms with Crippen molar-refractivity contribution in [1.82, 2.24) is 15.1 Å². The fourth-order valence-corrected chi connectivity index (χ4v) is 2.02. The molecule has 0 unspecified atom stereocenters. The normalized spacial score (nSPS) is 10.8. The minimum absolute atomic E-state index is 0.182. The van der Waals surface area contributed by atoms with Crippen LogP contribution in [0.4, 0.5) is 5.69 Å². The van der Waals surface area contributed by atoms with E-state index in [1.165, 1.54) is 0 Å². The molecule has 1 rings (SSSR count). The average Bonchev–Trinajstić information content (AvgIpc) is 2.75. The van der Waals surface area contributed by atoms with Crippen LogP contribution in [0.5, 0.6) is 0 Å². The van der Waals surface area contributed by atoms with E-state index >= 15 is 0 Å². The van der Waals surface area contributed by atoms with Gasteiger partial charge in [0.25, 0.3) is 5.91 Å². The standard InChI is InChI=1S/C14H23N5O/c1-9(2)8-19(7-5-6-15)14(20)13-11(16)12(10(3)4)17-18-13/h9-10H,5,7-8,16H2,1-4H3,(H,17,18). The minimum atomic E-state index is -0.213. The van der Waals surface area contributed by atoms with Gasteiger partial charge in [-0.25, -0.2) is 0 Å². The number of nitrogens with one attached hydrogen (secondary N) is 1. The maximum Gasteiger partial charge on any atom is 0.276 e. The molecule has 0 saturated heterocycles. The number of nitriles is 1. The number of aromatic amines is 1. The van der Waals surface area contributed by atoms with Crippen LogP contribution in [0.25, 0.3) is 0 Å². The lowest BCUT2D eigenvalue weighted by Crippen LogP contribution is -2.35. The molecular weight excluding hydrogens is 254 g/mol. The Balaban J connectivity index is 2.97. The fraction of sp³-hybridized carbons (Fsp3) is 0.643. The van der Waals surface area contributed by atoms with E-state index in [9.17, 15) is 4.79 Å². The quantitative estimate of drug-likeness (QED) is 0.832. The molecule has 0 atom stereocenters. The first-order chi connectivity index (χ1) is 9.38. The Morgan fingerprint density at radius 1 is 1.45 bits per heavy atom. The first kappa shape index (κ1) is 16.0. The van der Waals surface area contributed by atoms with Crippen molar-refractivity contribution in [3.8, 4) is 6.07 Å². The van der Waals surface area contributed by atoms with Crippen LogP contribution >= 0.6 is 0 Å². The maximum absolute atomic E-state index is 12.5. The largest absolute Gasteiger partial charge is 0.395 e. The molecule has 0 radical (unpaired) electrons. The summed E-state index contributed by atoms with van der Waals surface area (Å²) in [6.45, 7) is 9.01. The van der Waals surface area contributed by atoms with Gasteiger partial charge in [-0.3, -0.25) is 9.89 Å². The van der Waals surface area contributed by atoms with Gasteiger partial charge >= 0.3 is 0 Å². The number of aromatic nitrogens is 2. The molecule has 0 saturated carbocycles. The SMILES string of the molecule is CC(C)CN(CCC#N)C(=O)c1n[nH]c(C(C)C)c1N. The molecule has 6 nitrogen and oxygen atoms in total. The summed E-state index contributed by atoms with van der Waals surface area (Å²) in [5, 5.41) is 15.6. The third-order valence-electron chi connectivity index (χ3n) is 2.98. The highest BCUT2D eigenvalue weighted by molar-refractivity contribution is 5.97. The van der Waals surface area contributed by atoms with Gasteiger partial charge < -0.3 is 10.6 Å². The minimum Gasteiger partial charge on any atom is -0.395 e. The number of carbonyl (C=O) groups excluding carboxylic acids is 1. The van der Waals surface area contributed by atoms with Crippen LogP contribution in [0.15, 0.2) is 0 Å². The number of amides is 1. The molecule has 6 heteroatoms. The molecule has 0 aliphatic heterocycles. The monoisotopic (exact) mass is 277 g/mol. The Hall–Kier alpha value is -2.03. The third-order valence-corrected chi connectivity index (χ3v) is 2.98. The van der Waals surface area contributed by atoms with Crippen molar-refractivity contribution in [1.29, 1.82) is 5.26 Å². The van der Waals surface area contributed by atoms with Gasteiger partial charge in [-0.1, -0.05) is 27.7 Å². The van der Waals surface area contributed by atoms with Gasteiger partial charge in [0, 0.05) is 13.1 Å². The maximum atomic E-state index is 12.5. The number of anilines is 1. The van der Waals surface area contributed by atoms with E-state index in [-0.39, 0.29) is 17.5 Å². The number of nitrogens with two attached hydrogens (primary N) is 1. The zero-order valence-corrected chi connectivity index (χ0v) is 12.6. The molecule has 1 aromatic rings. The summed E-state index contributed by atoms with van der Waals surface area (Å²) in [7, 11) is 0. The molecule has 1 heterocycles. The average molecular weight is 277 g/mol. The number of rotatable bonds is 6. The molecule has 1 aromatic heterocycles. The molecule has 0 aromatic carbocycles. The summed E-state index contributed by atoms with van der Waals surface area (Å²) in [6, 6.07) is 2.06. The zero-order valence-electron chi connectivity index (χ0n) is 12.6. The summed E-state index contributed by atoms with van der Waals surface area (Å²) in [4.78, 5) is 14.1. The van der Waals surface area contributed by atoms with Crippen molar-refractivity contribution >= 4 is 11.6 Å². The van der Waals surface area contributed by atoms with E-state index in [2.05, 4.69) is 16.3 Å². The molecule has 0 fully saturated rings. The van der Waals surface area contributed by atoms with Gasteiger partial charge in [0.05, 0.1) is 23.9 Å². The lowest BCUT2D eigenvalue weighted by Gasteiger charge is -2.22. The highest BCUT2D eigenvalue weighted by Crippen LogP contribution is 2.23. The summed E-state index contributed by atoms with van der Waals surface area (Å²) in [6.07, 6.45) is 0.305. The molecule has 0 aliphatic carbocycles. The lowest BCUT2D eigenvalue weighted by atomic mass is 10.1. The van der Waals surface area contributed by atoms with Gasteiger partial charge in [0.1, 0.15) is 0 Å². The van der Waals surface area contributed by atoms with Crippen molar-refractivity contribution in [2.24, 2.45) is 5.92 Å². The van der Waals surface area contributed by atoms with E-state index < -0.39 is 0 Å². The molecular formula is C14H23N5O. The van der Waals surface area contributed by atoms with Gasteiger partial charge in [-0.05, 0) is 11.8 Å². The fourth-order valence-electron chi connectivity index (χ4n) is 2.02. The molecule has 20 heavy (non-hydrogen) atoms. The lowest BCUT2D eigenvalue weighted by molar-refractivity contribution is 0.0735. The van der Waals surface area contributed by atoms with Gasteiger partial charge in [0.15, 0.2) is 5.69 Å². The van der Waals surface area contributed by atoms with Crippen LogP contribution in [0, 0.1) is 17.2 Å². The van der Waals surface area contributed by atoms with E-state index in [0.29, 0.717) is 31.1 Å². The Bertz CT molecular complexity index is 498. The Kier molecular flexibility index (Phi) is 5.56. The molecule has 1 amide bonds. The summed E-state index contributed by atoms with van der Waals surface area (Å²) < 4.78 is 0. The number of hydrogen-bond donors (Lipinski definition) is 2. The van der Waals surface area contributed by atoms with Crippen molar-refractivity contribution < 1.29 is 4.79 Å². The van der Waals surface area contributed by atoms with Crippen LogP contribution in [-0.4, -0.2) is 34.1 Å². The number of H-pyrrole nitrogens is 1. The third kappa shape index (κ3) is 3.73. The first-order valence-electron chi connectivity index (χ1n) is 6.88. The topological polar surface area (TPSA) is 98.8 Å². The van der Waals surface area contributed by atoms with Crippen LogP contribution in [0.3, 0.4) is 0 Å². The van der Waals surface area contributed by atoms with Crippen molar-refractivity contribution in [3.63, 3.8) is 0 Å². The van der Waals surface area contributed by atoms with Gasteiger partial charge in [0.2, 0.25) is 0 Å². The van der Waals surface area contributed by atoms with Crippen LogP contribution in [0.1, 0.15) is 56.2 Å². The van der Waals surface area contributed by atoms with Gasteiger partial charge in [-0.15, -0.1) is 0 Å². The number of carbonyl (C=O) groups is 1. The smallest absolute Gasteiger partial charge is 0.276 e. The van der Waals surface area contributed by atoms with Crippen molar-refractivity contribution in [2.45, 2.75) is 40.0 Å². The number of nitrogen functional groups attached to an aromatic ring is 1. The van der Waals surface area contributed by atoms with E-state index in [1.54, 1.807) is 4.90 Å². The predicted molar refractivity (Wildman–Crippen MR) is 78.1 cm³/mol. The summed E-state index contributed by atoms with van der Waals surface area (Å²) >= 11 is 0. The second kappa shape index (κ2) is 6.94. The van der Waals surface area contributed by atoms with Crippen molar-refractivity contribution in [3.05, 3.63) is 11.4 Å². The summed E-state index contributed by atoms with van der Waals surface area (Å²) in [5.74, 6) is 0.290. The second-order valence-electron chi connectivity index (χ2n) is 5.61. The van der Waals surface area contributed by atoms with Crippen molar-refractivity contribution in [2.75, 3.05) is 18.8 Å². The Morgan fingerprint density at radius 2 is 2.10 bits per heavy atom. The number of nitrogens with zero attached hydrogens (tertiary/aromatic N) is 3. The molecule has 0 bridgehead atoms. The second-order valence-corrected chi connectivity index (χ2v) is 5.61.